The Morgan fingerprint density at radius 1 is 1.29 bits per heavy atom. The van der Waals surface area contributed by atoms with Gasteiger partial charge in [0.2, 0.25) is 5.88 Å². The van der Waals surface area contributed by atoms with Crippen molar-refractivity contribution < 1.29 is 9.47 Å². The molecule has 1 aliphatic rings. The van der Waals surface area contributed by atoms with Gasteiger partial charge in [-0.2, -0.15) is 0 Å². The van der Waals surface area contributed by atoms with Gasteiger partial charge in [0.05, 0.1) is 0 Å². The monoisotopic (exact) mass is 334 g/mol. The average molecular weight is 334 g/mol. The van der Waals surface area contributed by atoms with Gasteiger partial charge in [-0.25, -0.2) is 4.98 Å². The molecule has 0 amide bonds. The molecule has 2 rings (SSSR count). The van der Waals surface area contributed by atoms with E-state index in [1.807, 2.05) is 18.3 Å². The first-order valence-corrected chi connectivity index (χ1v) is 8.87. The number of ether oxygens (including phenoxy) is 2. The molecule has 0 radical (unpaired) electrons. The molecular weight excluding hydrogens is 304 g/mol. The minimum atomic E-state index is 0.324. The van der Waals surface area contributed by atoms with E-state index in [4.69, 9.17) is 9.47 Å². The number of rotatable bonds is 8. The lowest BCUT2D eigenvalue weighted by atomic mass is 9.98. The Bertz CT molecular complexity index is 502. The van der Waals surface area contributed by atoms with Gasteiger partial charge in [-0.3, -0.25) is 4.99 Å². The van der Waals surface area contributed by atoms with Gasteiger partial charge in [0, 0.05) is 46.1 Å². The number of aliphatic imine (C=N–C) groups is 1. The second kappa shape index (κ2) is 10.9. The second-order valence-corrected chi connectivity index (χ2v) is 6.08. The Hall–Kier alpha value is -1.82. The van der Waals surface area contributed by atoms with E-state index in [1.165, 1.54) is 19.3 Å². The van der Waals surface area contributed by atoms with E-state index in [0.29, 0.717) is 12.6 Å². The largest absolute Gasteiger partial charge is 0.474 e. The predicted molar refractivity (Wildman–Crippen MR) is 96.4 cm³/mol. The van der Waals surface area contributed by atoms with Crippen LogP contribution in [0.25, 0.3) is 0 Å². The minimum absolute atomic E-state index is 0.324. The first-order chi connectivity index (χ1) is 11.8. The van der Waals surface area contributed by atoms with Gasteiger partial charge < -0.3 is 20.1 Å². The highest BCUT2D eigenvalue weighted by Gasteiger charge is 2.15. The number of aromatic nitrogens is 1. The van der Waals surface area contributed by atoms with E-state index >= 15 is 0 Å². The number of nitrogens with one attached hydrogen (secondary N) is 2. The maximum Gasteiger partial charge on any atom is 0.213 e. The van der Waals surface area contributed by atoms with Crippen LogP contribution in [0.4, 0.5) is 0 Å². The summed E-state index contributed by atoms with van der Waals surface area (Å²) in [5.41, 5.74) is 1.13. The standard InChI is InChI=1S/C18H30N4O2/c1-19-18(21-10-6-12-23-2)22-14-15-9-11-20-17(13-15)24-16-7-4-3-5-8-16/h9,11,13,16H,3-8,10,12,14H2,1-2H3,(H2,19,21,22). The van der Waals surface area contributed by atoms with E-state index in [9.17, 15) is 0 Å². The Morgan fingerprint density at radius 2 is 2.12 bits per heavy atom. The minimum Gasteiger partial charge on any atom is -0.474 e. The third-order valence-corrected chi connectivity index (χ3v) is 4.14. The molecular formula is C18H30N4O2. The van der Waals surface area contributed by atoms with Crippen LogP contribution in [-0.4, -0.2) is 44.4 Å². The van der Waals surface area contributed by atoms with Crippen LogP contribution in [0, 0.1) is 0 Å². The maximum atomic E-state index is 6.02. The van der Waals surface area contributed by atoms with Crippen LogP contribution in [0.15, 0.2) is 23.3 Å². The van der Waals surface area contributed by atoms with Crippen molar-refractivity contribution in [2.45, 2.75) is 51.2 Å². The Balaban J connectivity index is 1.78. The molecule has 1 saturated carbocycles. The van der Waals surface area contributed by atoms with Crippen molar-refractivity contribution in [1.29, 1.82) is 0 Å². The van der Waals surface area contributed by atoms with Crippen LogP contribution in [0.2, 0.25) is 0 Å². The zero-order valence-electron chi connectivity index (χ0n) is 14.9. The van der Waals surface area contributed by atoms with Gasteiger partial charge >= 0.3 is 0 Å². The van der Waals surface area contributed by atoms with Crippen LogP contribution in [0.5, 0.6) is 5.88 Å². The van der Waals surface area contributed by atoms with E-state index in [2.05, 4.69) is 20.6 Å². The normalized spacial score (nSPS) is 16.0. The lowest BCUT2D eigenvalue weighted by molar-refractivity contribution is 0.148. The van der Waals surface area contributed by atoms with E-state index in [-0.39, 0.29) is 0 Å². The average Bonchev–Trinajstić information content (AvgIpc) is 2.62. The van der Waals surface area contributed by atoms with Crippen molar-refractivity contribution in [1.82, 2.24) is 15.6 Å². The molecule has 0 bridgehead atoms. The lowest BCUT2D eigenvalue weighted by Crippen LogP contribution is -2.37. The number of pyridine rings is 1. The van der Waals surface area contributed by atoms with Crippen LogP contribution in [-0.2, 0) is 11.3 Å². The number of methoxy groups -OCH3 is 1. The van der Waals surface area contributed by atoms with E-state index < -0.39 is 0 Å². The van der Waals surface area contributed by atoms with Gasteiger partial charge in [-0.05, 0) is 43.7 Å². The van der Waals surface area contributed by atoms with E-state index in [1.54, 1.807) is 14.2 Å². The molecule has 0 aromatic carbocycles. The van der Waals surface area contributed by atoms with Crippen LogP contribution in [0.1, 0.15) is 44.1 Å². The molecule has 1 aliphatic carbocycles. The second-order valence-electron chi connectivity index (χ2n) is 6.08. The summed E-state index contributed by atoms with van der Waals surface area (Å²) in [5, 5.41) is 6.58. The van der Waals surface area contributed by atoms with Gasteiger partial charge in [-0.1, -0.05) is 6.42 Å². The fourth-order valence-corrected chi connectivity index (χ4v) is 2.81. The summed E-state index contributed by atoms with van der Waals surface area (Å²) in [6.45, 7) is 2.27. The summed E-state index contributed by atoms with van der Waals surface area (Å²) >= 11 is 0. The number of nitrogens with zero attached hydrogens (tertiary/aromatic N) is 2. The summed E-state index contributed by atoms with van der Waals surface area (Å²) < 4.78 is 11.1. The first-order valence-electron chi connectivity index (χ1n) is 8.87. The van der Waals surface area contributed by atoms with E-state index in [0.717, 1.165) is 49.8 Å². The van der Waals surface area contributed by atoms with Crippen LogP contribution < -0.4 is 15.4 Å². The summed E-state index contributed by atoms with van der Waals surface area (Å²) in [6.07, 6.45) is 9.21. The van der Waals surface area contributed by atoms with Gasteiger partial charge in [-0.15, -0.1) is 0 Å². The molecule has 6 heteroatoms. The Morgan fingerprint density at radius 3 is 2.88 bits per heavy atom. The van der Waals surface area contributed by atoms with Crippen molar-refractivity contribution in [2.24, 2.45) is 4.99 Å². The lowest BCUT2D eigenvalue weighted by Gasteiger charge is -2.22. The topological polar surface area (TPSA) is 67.8 Å². The summed E-state index contributed by atoms with van der Waals surface area (Å²) in [5.74, 6) is 1.52. The highest BCUT2D eigenvalue weighted by molar-refractivity contribution is 5.79. The predicted octanol–water partition coefficient (Wildman–Crippen LogP) is 2.49. The molecule has 0 saturated heterocycles. The molecule has 0 spiro atoms. The molecule has 0 atom stereocenters. The number of guanidine groups is 1. The zero-order chi connectivity index (χ0) is 17.0. The third-order valence-electron chi connectivity index (χ3n) is 4.14. The number of hydrogen-bond acceptors (Lipinski definition) is 4. The van der Waals surface area contributed by atoms with Gasteiger partial charge in [0.1, 0.15) is 6.10 Å². The maximum absolute atomic E-state index is 6.02. The van der Waals surface area contributed by atoms with Crippen LogP contribution in [0.3, 0.4) is 0 Å². The molecule has 24 heavy (non-hydrogen) atoms. The van der Waals surface area contributed by atoms with Crippen molar-refractivity contribution in [3.63, 3.8) is 0 Å². The SMILES string of the molecule is CN=C(NCCCOC)NCc1ccnc(OC2CCCCC2)c1. The number of hydrogen-bond donors (Lipinski definition) is 2. The molecule has 1 fully saturated rings. The van der Waals surface area contributed by atoms with Crippen molar-refractivity contribution in [3.8, 4) is 5.88 Å². The molecule has 134 valence electrons. The molecule has 2 N–H and O–H groups in total. The Labute approximate surface area is 145 Å². The van der Waals surface area contributed by atoms with Crippen molar-refractivity contribution in [3.05, 3.63) is 23.9 Å². The fourth-order valence-electron chi connectivity index (χ4n) is 2.81. The molecule has 1 heterocycles. The van der Waals surface area contributed by atoms with Gasteiger partial charge in [0.25, 0.3) is 0 Å². The zero-order valence-corrected chi connectivity index (χ0v) is 14.9. The van der Waals surface area contributed by atoms with Crippen molar-refractivity contribution >= 4 is 5.96 Å². The molecule has 0 unspecified atom stereocenters. The molecule has 1 aromatic rings. The fraction of sp³-hybridized carbons (Fsp3) is 0.667. The Kier molecular flexibility index (Phi) is 8.38. The van der Waals surface area contributed by atoms with Gasteiger partial charge in [0.15, 0.2) is 5.96 Å². The summed E-state index contributed by atoms with van der Waals surface area (Å²) in [7, 11) is 3.49. The third kappa shape index (κ3) is 6.74. The highest BCUT2D eigenvalue weighted by Crippen LogP contribution is 2.22. The quantitative estimate of drug-likeness (QED) is 0.434. The van der Waals surface area contributed by atoms with Crippen molar-refractivity contribution in [2.75, 3.05) is 27.3 Å². The molecule has 0 aliphatic heterocycles. The highest BCUT2D eigenvalue weighted by atomic mass is 16.5. The molecule has 6 nitrogen and oxygen atoms in total. The first kappa shape index (κ1) is 18.5. The summed E-state index contributed by atoms with van der Waals surface area (Å²) in [6, 6.07) is 4.01. The summed E-state index contributed by atoms with van der Waals surface area (Å²) in [4.78, 5) is 8.56. The molecule has 1 aromatic heterocycles. The smallest absolute Gasteiger partial charge is 0.213 e. The van der Waals surface area contributed by atoms with Crippen LogP contribution >= 0.6 is 0 Å².